The lowest BCUT2D eigenvalue weighted by atomic mass is 10.0. The summed E-state index contributed by atoms with van der Waals surface area (Å²) in [6.45, 7) is 6.60. The molecule has 0 aromatic carbocycles. The summed E-state index contributed by atoms with van der Waals surface area (Å²) in [5.41, 5.74) is 0. The van der Waals surface area contributed by atoms with Crippen LogP contribution in [0.5, 0.6) is 0 Å². The average molecular weight is 1080 g/mol. The van der Waals surface area contributed by atoms with Gasteiger partial charge >= 0.3 is 17.9 Å². The topological polar surface area (TPSA) is 78.9 Å². The number of ether oxygens (including phenoxy) is 3. The summed E-state index contributed by atoms with van der Waals surface area (Å²) in [6.07, 6.45) is 85.0. The molecule has 77 heavy (non-hydrogen) atoms. The zero-order valence-electron chi connectivity index (χ0n) is 51.2. The highest BCUT2D eigenvalue weighted by Crippen LogP contribution is 2.17. The molecule has 0 saturated carbocycles. The summed E-state index contributed by atoms with van der Waals surface area (Å²) in [5, 5.41) is 0. The highest BCUT2D eigenvalue weighted by atomic mass is 16.6. The van der Waals surface area contributed by atoms with Gasteiger partial charge in [-0.15, -0.1) is 0 Å². The van der Waals surface area contributed by atoms with Gasteiger partial charge in [0.2, 0.25) is 0 Å². The summed E-state index contributed by atoms with van der Waals surface area (Å²) in [4.78, 5) is 38.3. The smallest absolute Gasteiger partial charge is 0.306 e. The van der Waals surface area contributed by atoms with Gasteiger partial charge in [-0.1, -0.05) is 280 Å². The number of allylic oxidation sites excluding steroid dienone is 12. The maximum atomic E-state index is 12.9. The number of esters is 3. The van der Waals surface area contributed by atoms with Gasteiger partial charge in [-0.25, -0.2) is 0 Å². The first-order chi connectivity index (χ1) is 38.0. The fourth-order valence-corrected chi connectivity index (χ4v) is 9.59. The van der Waals surface area contributed by atoms with Crippen LogP contribution in [0.15, 0.2) is 72.9 Å². The molecule has 0 rings (SSSR count). The minimum Gasteiger partial charge on any atom is -0.462 e. The summed E-state index contributed by atoms with van der Waals surface area (Å²) in [7, 11) is 0. The quantitative estimate of drug-likeness (QED) is 0.0261. The fourth-order valence-electron chi connectivity index (χ4n) is 9.59. The molecule has 0 fully saturated rings. The van der Waals surface area contributed by atoms with Crippen molar-refractivity contribution >= 4 is 17.9 Å². The number of hydrogen-bond donors (Lipinski definition) is 0. The van der Waals surface area contributed by atoms with E-state index >= 15 is 0 Å². The SMILES string of the molecule is CCCCC/C=C\CCCCCCCC(=O)OCC(COC(=O)CCCCCCCCCCCCCCCCCC/C=C\C/C=C\C/C=C\CCCCCCC)OC(=O)CCCCCCC/C=C\C/C=C\CCCCCC. The molecule has 0 aromatic heterocycles. The van der Waals surface area contributed by atoms with Crippen molar-refractivity contribution in [2.45, 2.75) is 348 Å². The number of unbranched alkanes of at least 4 members (excludes halogenated alkanes) is 38. The third-order valence-electron chi connectivity index (χ3n) is 14.7. The fraction of sp³-hybridized carbons (Fsp3) is 0.789. The second-order valence-electron chi connectivity index (χ2n) is 22.4. The Bertz CT molecular complexity index is 1420. The monoisotopic (exact) mass is 1070 g/mol. The van der Waals surface area contributed by atoms with Crippen LogP contribution in [0.1, 0.15) is 342 Å². The normalized spacial score (nSPS) is 12.5. The molecule has 0 radical (unpaired) electrons. The number of carbonyl (C=O) groups excluding carboxylic acids is 3. The largest absolute Gasteiger partial charge is 0.462 e. The Hall–Kier alpha value is -3.15. The van der Waals surface area contributed by atoms with Gasteiger partial charge < -0.3 is 14.2 Å². The first kappa shape index (κ1) is 73.8. The van der Waals surface area contributed by atoms with Gasteiger partial charge in [-0.2, -0.15) is 0 Å². The zero-order valence-corrected chi connectivity index (χ0v) is 51.2. The molecule has 0 N–H and O–H groups in total. The van der Waals surface area contributed by atoms with E-state index in [1.807, 2.05) is 0 Å². The third kappa shape index (κ3) is 63.6. The lowest BCUT2D eigenvalue weighted by molar-refractivity contribution is -0.167. The van der Waals surface area contributed by atoms with Crippen LogP contribution in [-0.4, -0.2) is 37.2 Å². The van der Waals surface area contributed by atoms with Gasteiger partial charge in [-0.3, -0.25) is 14.4 Å². The molecule has 0 aliphatic carbocycles. The molecule has 1 unspecified atom stereocenters. The molecule has 1 atom stereocenters. The highest BCUT2D eigenvalue weighted by Gasteiger charge is 2.19. The van der Waals surface area contributed by atoms with Crippen molar-refractivity contribution in [1.82, 2.24) is 0 Å². The van der Waals surface area contributed by atoms with E-state index in [1.54, 1.807) is 0 Å². The van der Waals surface area contributed by atoms with E-state index in [2.05, 4.69) is 93.7 Å². The highest BCUT2D eigenvalue weighted by molar-refractivity contribution is 5.71. The van der Waals surface area contributed by atoms with E-state index in [0.29, 0.717) is 19.3 Å². The predicted molar refractivity (Wildman–Crippen MR) is 335 cm³/mol. The molecule has 0 aliphatic heterocycles. The summed E-state index contributed by atoms with van der Waals surface area (Å²) < 4.78 is 16.9. The van der Waals surface area contributed by atoms with Gasteiger partial charge in [0.15, 0.2) is 6.10 Å². The Morgan fingerprint density at radius 3 is 0.779 bits per heavy atom. The molecule has 0 spiro atoms. The van der Waals surface area contributed by atoms with Crippen LogP contribution in [0, 0.1) is 0 Å². The van der Waals surface area contributed by atoms with E-state index in [-0.39, 0.29) is 31.1 Å². The Balaban J connectivity index is 4.18. The second kappa shape index (κ2) is 65.4. The third-order valence-corrected chi connectivity index (χ3v) is 14.7. The van der Waals surface area contributed by atoms with Gasteiger partial charge in [0, 0.05) is 19.3 Å². The van der Waals surface area contributed by atoms with Crippen LogP contribution in [0.25, 0.3) is 0 Å². The molecule has 0 aliphatic rings. The van der Waals surface area contributed by atoms with Gasteiger partial charge in [0.1, 0.15) is 13.2 Å². The maximum absolute atomic E-state index is 12.9. The van der Waals surface area contributed by atoms with Gasteiger partial charge in [-0.05, 0) is 116 Å². The van der Waals surface area contributed by atoms with Crippen molar-refractivity contribution in [1.29, 1.82) is 0 Å². The molecule has 0 saturated heterocycles. The lowest BCUT2D eigenvalue weighted by Crippen LogP contribution is -2.30. The standard InChI is InChI=1S/C71H126O6/c1-4-7-10-13-16-19-22-25-27-29-30-31-32-33-34-35-36-37-38-39-40-41-42-43-45-46-49-52-55-58-61-64-70(73)76-67-68(66-75-69(72)63-60-57-54-51-48-24-21-18-15-12-9-6-3)77-71(74)65-62-59-56-53-50-47-44-28-26-23-20-17-14-11-8-5-2/h18,20-23,25,28-30,32-33,44,68H,4-17,19,24,26-27,31,34-43,45-67H2,1-3H3/b21-18-,23-20-,25-22-,30-29-,33-32-,44-28-. The lowest BCUT2D eigenvalue weighted by Gasteiger charge is -2.18. The van der Waals surface area contributed by atoms with E-state index in [1.165, 1.54) is 199 Å². The molecular formula is C71H126O6. The summed E-state index contributed by atoms with van der Waals surface area (Å²) in [6, 6.07) is 0. The molecule has 0 heterocycles. The summed E-state index contributed by atoms with van der Waals surface area (Å²) in [5.74, 6) is -0.891. The first-order valence-corrected chi connectivity index (χ1v) is 33.4. The predicted octanol–water partition coefficient (Wildman–Crippen LogP) is 22.9. The minimum absolute atomic E-state index is 0.0814. The van der Waals surface area contributed by atoms with Crippen molar-refractivity contribution in [3.8, 4) is 0 Å². The van der Waals surface area contributed by atoms with Crippen molar-refractivity contribution in [2.24, 2.45) is 0 Å². The van der Waals surface area contributed by atoms with Gasteiger partial charge in [0.25, 0.3) is 0 Å². The Morgan fingerprint density at radius 2 is 0.468 bits per heavy atom. The van der Waals surface area contributed by atoms with Crippen LogP contribution < -0.4 is 0 Å². The summed E-state index contributed by atoms with van der Waals surface area (Å²) >= 11 is 0. The van der Waals surface area contributed by atoms with E-state index in [4.69, 9.17) is 14.2 Å². The van der Waals surface area contributed by atoms with Crippen LogP contribution >= 0.6 is 0 Å². The molecule has 6 heteroatoms. The molecule has 0 aromatic rings. The van der Waals surface area contributed by atoms with Crippen LogP contribution in [0.4, 0.5) is 0 Å². The molecule has 6 nitrogen and oxygen atoms in total. The number of rotatable bonds is 61. The van der Waals surface area contributed by atoms with Crippen molar-refractivity contribution < 1.29 is 28.6 Å². The maximum Gasteiger partial charge on any atom is 0.306 e. The molecule has 0 amide bonds. The van der Waals surface area contributed by atoms with Crippen molar-refractivity contribution in [3.05, 3.63) is 72.9 Å². The van der Waals surface area contributed by atoms with Crippen LogP contribution in [0.2, 0.25) is 0 Å². The Kier molecular flexibility index (Phi) is 62.7. The van der Waals surface area contributed by atoms with Crippen molar-refractivity contribution in [3.63, 3.8) is 0 Å². The Morgan fingerprint density at radius 1 is 0.260 bits per heavy atom. The van der Waals surface area contributed by atoms with E-state index < -0.39 is 6.10 Å². The molecule has 0 bridgehead atoms. The number of hydrogen-bond acceptors (Lipinski definition) is 6. The van der Waals surface area contributed by atoms with Crippen molar-refractivity contribution in [2.75, 3.05) is 13.2 Å². The van der Waals surface area contributed by atoms with E-state index in [0.717, 1.165) is 103 Å². The zero-order chi connectivity index (χ0) is 55.7. The van der Waals surface area contributed by atoms with Crippen LogP contribution in [-0.2, 0) is 28.6 Å². The molecular weight excluding hydrogens is 949 g/mol. The van der Waals surface area contributed by atoms with E-state index in [9.17, 15) is 14.4 Å². The minimum atomic E-state index is -0.785. The Labute approximate surface area is 478 Å². The first-order valence-electron chi connectivity index (χ1n) is 33.4. The number of carbonyl (C=O) groups is 3. The molecule has 446 valence electrons. The average Bonchev–Trinajstić information content (AvgIpc) is 3.43. The van der Waals surface area contributed by atoms with Gasteiger partial charge in [0.05, 0.1) is 0 Å². The van der Waals surface area contributed by atoms with Crippen LogP contribution in [0.3, 0.4) is 0 Å². The second-order valence-corrected chi connectivity index (χ2v) is 22.4.